The smallest absolute Gasteiger partial charge is 0.241 e. The van der Waals surface area contributed by atoms with Gasteiger partial charge in [0.2, 0.25) is 8.32 Å². The van der Waals surface area contributed by atoms with Crippen LogP contribution in [0.1, 0.15) is 52.9 Å². The predicted molar refractivity (Wildman–Crippen MR) is 109 cm³/mol. The molecule has 0 unspecified atom stereocenters. The normalized spacial score (nSPS) is 34.3. The Bertz CT molecular complexity index is 568. The van der Waals surface area contributed by atoms with E-state index in [4.69, 9.17) is 13.9 Å². The standard InChI is InChI=1S/C22H38O3Si/c1-8-9-17-10-11-21(4)18(16(2)3)15-22(23-12-13-24-22)20(21)14-19(17)25-26(5,6)7/h8,16,18,20H,1,9-15H2,2-7H3/t18-,20+,21-/m1/s1. The average molecular weight is 379 g/mol. The summed E-state index contributed by atoms with van der Waals surface area (Å²) >= 11 is 0. The molecule has 0 aromatic heterocycles. The third kappa shape index (κ3) is 3.57. The first-order valence-electron chi connectivity index (χ1n) is 10.4. The van der Waals surface area contributed by atoms with Crippen molar-refractivity contribution < 1.29 is 13.9 Å². The fourth-order valence-corrected chi connectivity index (χ4v) is 6.71. The number of hydrogen-bond acceptors (Lipinski definition) is 3. The van der Waals surface area contributed by atoms with E-state index < -0.39 is 14.1 Å². The Hall–Kier alpha value is -0.583. The Kier molecular flexibility index (Phi) is 5.51. The largest absolute Gasteiger partial charge is 0.547 e. The Morgan fingerprint density at radius 2 is 1.92 bits per heavy atom. The van der Waals surface area contributed by atoms with E-state index in [1.165, 1.54) is 17.8 Å². The molecule has 26 heavy (non-hydrogen) atoms. The van der Waals surface area contributed by atoms with E-state index >= 15 is 0 Å². The van der Waals surface area contributed by atoms with Crippen molar-refractivity contribution >= 4 is 8.32 Å². The van der Waals surface area contributed by atoms with E-state index in [9.17, 15) is 0 Å². The second-order valence-corrected chi connectivity index (χ2v) is 14.5. The van der Waals surface area contributed by atoms with Gasteiger partial charge in [0.1, 0.15) is 0 Å². The summed E-state index contributed by atoms with van der Waals surface area (Å²) < 4.78 is 19.3. The molecule has 0 aromatic rings. The molecule has 3 nitrogen and oxygen atoms in total. The Morgan fingerprint density at radius 3 is 2.46 bits per heavy atom. The van der Waals surface area contributed by atoms with Crippen LogP contribution >= 0.6 is 0 Å². The fourth-order valence-electron chi connectivity index (χ4n) is 5.74. The number of hydrogen-bond donors (Lipinski definition) is 0. The summed E-state index contributed by atoms with van der Waals surface area (Å²) in [5, 5.41) is 0. The van der Waals surface area contributed by atoms with Crippen LogP contribution in [0, 0.1) is 23.2 Å². The number of fused-ring (bicyclic) bond motifs is 2. The first-order valence-corrected chi connectivity index (χ1v) is 13.8. The lowest BCUT2D eigenvalue weighted by molar-refractivity contribution is -0.193. The van der Waals surface area contributed by atoms with E-state index in [1.807, 2.05) is 6.08 Å². The van der Waals surface area contributed by atoms with Crippen LogP contribution in [0.4, 0.5) is 0 Å². The highest BCUT2D eigenvalue weighted by atomic mass is 28.4. The van der Waals surface area contributed by atoms with Crippen LogP contribution < -0.4 is 0 Å². The maximum Gasteiger partial charge on any atom is 0.241 e. The van der Waals surface area contributed by atoms with Crippen molar-refractivity contribution in [3.8, 4) is 0 Å². The zero-order valence-electron chi connectivity index (χ0n) is 17.7. The number of ether oxygens (including phenoxy) is 2. The lowest BCUT2D eigenvalue weighted by Crippen LogP contribution is -2.41. The van der Waals surface area contributed by atoms with Gasteiger partial charge in [0.25, 0.3) is 0 Å². The third-order valence-electron chi connectivity index (χ3n) is 6.83. The van der Waals surface area contributed by atoms with Crippen LogP contribution in [0.15, 0.2) is 24.0 Å². The maximum atomic E-state index is 6.64. The predicted octanol–water partition coefficient (Wildman–Crippen LogP) is 5.89. The molecule has 1 spiro atoms. The van der Waals surface area contributed by atoms with Gasteiger partial charge in [-0.15, -0.1) is 6.58 Å². The molecule has 0 bridgehead atoms. The zero-order chi connectivity index (χ0) is 19.2. The van der Waals surface area contributed by atoms with Gasteiger partial charge in [-0.2, -0.15) is 0 Å². The molecular weight excluding hydrogens is 340 g/mol. The van der Waals surface area contributed by atoms with E-state index in [0.29, 0.717) is 17.8 Å². The summed E-state index contributed by atoms with van der Waals surface area (Å²) in [5.74, 6) is 2.46. The molecule has 2 fully saturated rings. The van der Waals surface area contributed by atoms with E-state index in [2.05, 4.69) is 47.0 Å². The van der Waals surface area contributed by atoms with Gasteiger partial charge < -0.3 is 13.9 Å². The molecular formula is C22H38O3Si. The molecule has 1 saturated heterocycles. The third-order valence-corrected chi connectivity index (χ3v) is 7.69. The molecule has 0 radical (unpaired) electrons. The second-order valence-electron chi connectivity index (χ2n) is 10.1. The topological polar surface area (TPSA) is 27.7 Å². The minimum absolute atomic E-state index is 0.232. The molecule has 2 aliphatic carbocycles. The van der Waals surface area contributed by atoms with Crippen molar-refractivity contribution in [1.82, 2.24) is 0 Å². The molecule has 0 aromatic carbocycles. The highest BCUT2D eigenvalue weighted by molar-refractivity contribution is 6.70. The van der Waals surface area contributed by atoms with Gasteiger partial charge >= 0.3 is 0 Å². The minimum atomic E-state index is -1.67. The average Bonchev–Trinajstić information content (AvgIpc) is 3.05. The monoisotopic (exact) mass is 378 g/mol. The number of allylic oxidation sites excluding steroid dienone is 3. The molecule has 4 heteroatoms. The van der Waals surface area contributed by atoms with Gasteiger partial charge in [-0.1, -0.05) is 26.8 Å². The molecule has 0 N–H and O–H groups in total. The van der Waals surface area contributed by atoms with Gasteiger partial charge in [0.15, 0.2) is 5.79 Å². The molecule has 0 amide bonds. The summed E-state index contributed by atoms with van der Waals surface area (Å²) in [6, 6.07) is 0. The maximum absolute atomic E-state index is 6.64. The molecule has 3 atom stereocenters. The van der Waals surface area contributed by atoms with Crippen LogP contribution in [-0.2, 0) is 13.9 Å². The van der Waals surface area contributed by atoms with Gasteiger partial charge in [-0.3, -0.25) is 0 Å². The minimum Gasteiger partial charge on any atom is -0.547 e. The van der Waals surface area contributed by atoms with Gasteiger partial charge in [0, 0.05) is 18.8 Å². The van der Waals surface area contributed by atoms with Crippen molar-refractivity contribution in [3.63, 3.8) is 0 Å². The first-order chi connectivity index (χ1) is 12.1. The lowest BCUT2D eigenvalue weighted by atomic mass is 9.66. The van der Waals surface area contributed by atoms with Crippen molar-refractivity contribution in [2.45, 2.75) is 78.3 Å². The highest BCUT2D eigenvalue weighted by Crippen LogP contribution is 2.63. The summed E-state index contributed by atoms with van der Waals surface area (Å²) in [6.07, 6.45) is 7.25. The molecule has 3 aliphatic rings. The van der Waals surface area contributed by atoms with Crippen LogP contribution in [0.25, 0.3) is 0 Å². The Labute approximate surface area is 161 Å². The summed E-state index contributed by atoms with van der Waals surface area (Å²) in [7, 11) is -1.67. The fraction of sp³-hybridized carbons (Fsp3) is 0.818. The van der Waals surface area contributed by atoms with Crippen LogP contribution in [-0.4, -0.2) is 27.3 Å². The van der Waals surface area contributed by atoms with Gasteiger partial charge in [-0.25, -0.2) is 0 Å². The summed E-state index contributed by atoms with van der Waals surface area (Å²) in [5.41, 5.74) is 1.68. The van der Waals surface area contributed by atoms with Crippen LogP contribution in [0.5, 0.6) is 0 Å². The SMILES string of the molecule is C=CCC1=C(O[Si](C)(C)C)C[C@@H]2C3(C[C@H](C(C)C)[C@@]2(C)CC1)OCCO3. The second kappa shape index (κ2) is 7.10. The van der Waals surface area contributed by atoms with Gasteiger partial charge in [0.05, 0.1) is 19.0 Å². The van der Waals surface area contributed by atoms with E-state index in [0.717, 1.165) is 38.9 Å². The number of rotatable bonds is 5. The highest BCUT2D eigenvalue weighted by Gasteiger charge is 2.63. The van der Waals surface area contributed by atoms with E-state index in [-0.39, 0.29) is 5.41 Å². The van der Waals surface area contributed by atoms with Crippen molar-refractivity contribution in [2.24, 2.45) is 23.2 Å². The summed E-state index contributed by atoms with van der Waals surface area (Å²) in [4.78, 5) is 0. The molecule has 3 rings (SSSR count). The van der Waals surface area contributed by atoms with Crippen molar-refractivity contribution in [2.75, 3.05) is 13.2 Å². The quantitative estimate of drug-likeness (QED) is 0.441. The first kappa shape index (κ1) is 20.2. The zero-order valence-corrected chi connectivity index (χ0v) is 18.7. The molecule has 1 heterocycles. The summed E-state index contributed by atoms with van der Waals surface area (Å²) in [6.45, 7) is 19.5. The van der Waals surface area contributed by atoms with Gasteiger partial charge in [-0.05, 0) is 61.7 Å². The molecule has 148 valence electrons. The van der Waals surface area contributed by atoms with Crippen LogP contribution in [0.3, 0.4) is 0 Å². The van der Waals surface area contributed by atoms with Crippen molar-refractivity contribution in [3.05, 3.63) is 24.0 Å². The molecule has 1 saturated carbocycles. The van der Waals surface area contributed by atoms with Crippen molar-refractivity contribution in [1.29, 1.82) is 0 Å². The van der Waals surface area contributed by atoms with E-state index in [1.54, 1.807) is 0 Å². The lowest BCUT2D eigenvalue weighted by Gasteiger charge is -2.40. The Balaban J connectivity index is 2.01. The van der Waals surface area contributed by atoms with Crippen LogP contribution in [0.2, 0.25) is 19.6 Å². The molecule has 1 aliphatic heterocycles. The Morgan fingerprint density at radius 1 is 1.27 bits per heavy atom.